The first kappa shape index (κ1) is 12.6. The summed E-state index contributed by atoms with van der Waals surface area (Å²) in [6, 6.07) is 2.79. The van der Waals surface area contributed by atoms with E-state index >= 15 is 0 Å². The molecule has 1 aliphatic rings. The molecule has 1 fully saturated rings. The van der Waals surface area contributed by atoms with Gasteiger partial charge in [-0.15, -0.1) is 0 Å². The van der Waals surface area contributed by atoms with Gasteiger partial charge in [0, 0.05) is 37.3 Å². The summed E-state index contributed by atoms with van der Waals surface area (Å²) >= 11 is 0. The first-order valence-electron chi connectivity index (χ1n) is 6.61. The van der Waals surface area contributed by atoms with Crippen LogP contribution in [0.1, 0.15) is 44.0 Å². The third-order valence-electron chi connectivity index (χ3n) is 3.13. The number of rotatable bonds is 7. The largest absolute Gasteiger partial charge is 0.313 e. The fourth-order valence-electron chi connectivity index (χ4n) is 1.96. The molecule has 2 N–H and O–H groups in total. The predicted octanol–water partition coefficient (Wildman–Crippen LogP) is 1.72. The van der Waals surface area contributed by atoms with Gasteiger partial charge in [0.15, 0.2) is 0 Å². The van der Waals surface area contributed by atoms with Crippen LogP contribution < -0.4 is 5.32 Å². The maximum absolute atomic E-state index is 4.37. The number of aromatic nitrogens is 2. The molecule has 0 radical (unpaired) electrons. The fourth-order valence-corrected chi connectivity index (χ4v) is 1.96. The molecule has 0 spiro atoms. The quantitative estimate of drug-likeness (QED) is 0.757. The van der Waals surface area contributed by atoms with Crippen LogP contribution in [-0.2, 0) is 6.54 Å². The molecular formula is C13H24N4. The van der Waals surface area contributed by atoms with Crippen molar-refractivity contribution in [1.29, 1.82) is 0 Å². The van der Waals surface area contributed by atoms with Crippen molar-refractivity contribution in [2.45, 2.75) is 45.2 Å². The lowest BCUT2D eigenvalue weighted by molar-refractivity contribution is 0.316. The van der Waals surface area contributed by atoms with Gasteiger partial charge in [-0.25, -0.2) is 0 Å². The number of nitrogens with zero attached hydrogens (tertiary/aromatic N) is 2. The second-order valence-electron chi connectivity index (χ2n) is 5.44. The molecule has 0 amide bonds. The molecule has 1 aliphatic carbocycles. The van der Waals surface area contributed by atoms with Crippen LogP contribution in [0, 0.1) is 0 Å². The van der Waals surface area contributed by atoms with Gasteiger partial charge in [-0.2, -0.15) is 5.10 Å². The van der Waals surface area contributed by atoms with Gasteiger partial charge in [0.2, 0.25) is 0 Å². The monoisotopic (exact) mass is 236 g/mol. The smallest absolute Gasteiger partial charge is 0.0656 e. The van der Waals surface area contributed by atoms with Gasteiger partial charge in [0.05, 0.1) is 5.69 Å². The summed E-state index contributed by atoms with van der Waals surface area (Å²) in [6.45, 7) is 7.42. The second kappa shape index (κ2) is 5.65. The van der Waals surface area contributed by atoms with E-state index in [1.165, 1.54) is 24.2 Å². The molecule has 0 atom stereocenters. The number of hydrogen-bond acceptors (Lipinski definition) is 3. The molecule has 96 valence electrons. The van der Waals surface area contributed by atoms with Crippen molar-refractivity contribution in [2.75, 3.05) is 20.1 Å². The Kier molecular flexibility index (Phi) is 4.18. The molecule has 1 aromatic heterocycles. The normalized spacial score (nSPS) is 16.1. The van der Waals surface area contributed by atoms with E-state index in [0.29, 0.717) is 6.04 Å². The Morgan fingerprint density at radius 3 is 2.94 bits per heavy atom. The molecular weight excluding hydrogens is 212 g/mol. The summed E-state index contributed by atoms with van der Waals surface area (Å²) in [4.78, 5) is 2.32. The fraction of sp³-hybridized carbons (Fsp3) is 0.769. The molecule has 0 aliphatic heterocycles. The minimum atomic E-state index is 0.567. The zero-order chi connectivity index (χ0) is 12.3. The SMILES string of the molecule is CC(C)NCCN(C)Cc1cc(C2CC2)n[nH]1. The lowest BCUT2D eigenvalue weighted by Gasteiger charge is -2.16. The number of H-pyrrole nitrogens is 1. The summed E-state index contributed by atoms with van der Waals surface area (Å²) in [5.74, 6) is 0.743. The Balaban J connectivity index is 1.71. The van der Waals surface area contributed by atoms with Crippen LogP contribution >= 0.6 is 0 Å². The lowest BCUT2D eigenvalue weighted by atomic mass is 10.2. The summed E-state index contributed by atoms with van der Waals surface area (Å²) in [5.41, 5.74) is 2.49. The molecule has 0 saturated heterocycles. The Morgan fingerprint density at radius 1 is 1.53 bits per heavy atom. The van der Waals surface area contributed by atoms with E-state index in [0.717, 1.165) is 25.6 Å². The number of aromatic amines is 1. The lowest BCUT2D eigenvalue weighted by Crippen LogP contribution is -2.32. The molecule has 0 aromatic carbocycles. The van der Waals surface area contributed by atoms with E-state index in [4.69, 9.17) is 0 Å². The first-order chi connectivity index (χ1) is 8.15. The highest BCUT2D eigenvalue weighted by Crippen LogP contribution is 2.39. The zero-order valence-corrected chi connectivity index (χ0v) is 11.2. The molecule has 1 heterocycles. The number of hydrogen-bond donors (Lipinski definition) is 2. The van der Waals surface area contributed by atoms with Gasteiger partial charge in [-0.1, -0.05) is 13.8 Å². The maximum atomic E-state index is 4.37. The molecule has 4 heteroatoms. The van der Waals surface area contributed by atoms with Crippen LogP contribution in [0.25, 0.3) is 0 Å². The molecule has 2 rings (SSSR count). The summed E-state index contributed by atoms with van der Waals surface area (Å²) < 4.78 is 0. The van der Waals surface area contributed by atoms with Crippen LogP contribution in [0.2, 0.25) is 0 Å². The van der Waals surface area contributed by atoms with Crippen molar-refractivity contribution in [3.8, 4) is 0 Å². The van der Waals surface area contributed by atoms with Crippen molar-refractivity contribution in [1.82, 2.24) is 20.4 Å². The van der Waals surface area contributed by atoms with Crippen LogP contribution in [0.4, 0.5) is 0 Å². The molecule has 1 saturated carbocycles. The van der Waals surface area contributed by atoms with Crippen molar-refractivity contribution in [2.24, 2.45) is 0 Å². The molecule has 17 heavy (non-hydrogen) atoms. The zero-order valence-electron chi connectivity index (χ0n) is 11.2. The van der Waals surface area contributed by atoms with E-state index in [-0.39, 0.29) is 0 Å². The molecule has 0 unspecified atom stereocenters. The minimum absolute atomic E-state index is 0.567. The molecule has 0 bridgehead atoms. The van der Waals surface area contributed by atoms with Gasteiger partial charge in [0.25, 0.3) is 0 Å². The second-order valence-corrected chi connectivity index (χ2v) is 5.44. The highest BCUT2D eigenvalue weighted by Gasteiger charge is 2.26. The summed E-state index contributed by atoms with van der Waals surface area (Å²) in [7, 11) is 2.15. The molecule has 4 nitrogen and oxygen atoms in total. The van der Waals surface area contributed by atoms with Crippen molar-refractivity contribution >= 4 is 0 Å². The Labute approximate surface area is 104 Å². The Bertz CT molecular complexity index is 341. The van der Waals surface area contributed by atoms with E-state index in [9.17, 15) is 0 Å². The maximum Gasteiger partial charge on any atom is 0.0656 e. The molecule has 1 aromatic rings. The summed E-state index contributed by atoms with van der Waals surface area (Å²) in [5, 5.41) is 10.9. The van der Waals surface area contributed by atoms with Gasteiger partial charge >= 0.3 is 0 Å². The van der Waals surface area contributed by atoms with Crippen molar-refractivity contribution < 1.29 is 0 Å². The standard InChI is InChI=1S/C13H24N4/c1-10(2)14-6-7-17(3)9-12-8-13(16-15-12)11-4-5-11/h8,10-11,14H,4-7,9H2,1-3H3,(H,15,16). The van der Waals surface area contributed by atoms with Gasteiger partial charge in [-0.3, -0.25) is 10.00 Å². The topological polar surface area (TPSA) is 44.0 Å². The van der Waals surface area contributed by atoms with E-state index in [1.54, 1.807) is 0 Å². The third-order valence-corrected chi connectivity index (χ3v) is 3.13. The Hall–Kier alpha value is -0.870. The van der Waals surface area contributed by atoms with Crippen molar-refractivity contribution in [3.63, 3.8) is 0 Å². The van der Waals surface area contributed by atoms with Gasteiger partial charge < -0.3 is 5.32 Å². The number of likely N-dealkylation sites (N-methyl/N-ethyl adjacent to an activating group) is 1. The van der Waals surface area contributed by atoms with E-state index < -0.39 is 0 Å². The van der Waals surface area contributed by atoms with Gasteiger partial charge in [0.1, 0.15) is 0 Å². The highest BCUT2D eigenvalue weighted by molar-refractivity contribution is 5.17. The van der Waals surface area contributed by atoms with Crippen molar-refractivity contribution in [3.05, 3.63) is 17.5 Å². The third kappa shape index (κ3) is 4.13. The highest BCUT2D eigenvalue weighted by atomic mass is 15.2. The van der Waals surface area contributed by atoms with Crippen LogP contribution in [-0.4, -0.2) is 41.3 Å². The van der Waals surface area contributed by atoms with Crippen LogP contribution in [0.5, 0.6) is 0 Å². The first-order valence-corrected chi connectivity index (χ1v) is 6.61. The number of nitrogens with one attached hydrogen (secondary N) is 2. The predicted molar refractivity (Wildman–Crippen MR) is 70.0 cm³/mol. The van der Waals surface area contributed by atoms with Gasteiger partial charge in [-0.05, 0) is 26.0 Å². The van der Waals surface area contributed by atoms with E-state index in [1.807, 2.05) is 0 Å². The average molecular weight is 236 g/mol. The van der Waals surface area contributed by atoms with Crippen LogP contribution in [0.15, 0.2) is 6.07 Å². The summed E-state index contributed by atoms with van der Waals surface area (Å²) in [6.07, 6.45) is 2.64. The Morgan fingerprint density at radius 2 is 2.29 bits per heavy atom. The average Bonchev–Trinajstić information content (AvgIpc) is 3.00. The van der Waals surface area contributed by atoms with Crippen LogP contribution in [0.3, 0.4) is 0 Å². The van der Waals surface area contributed by atoms with E-state index in [2.05, 4.69) is 47.4 Å². The minimum Gasteiger partial charge on any atom is -0.313 e.